The molecule has 0 aliphatic carbocycles. The van der Waals surface area contributed by atoms with Gasteiger partial charge in [0.05, 0.1) is 40.6 Å². The van der Waals surface area contributed by atoms with E-state index in [4.69, 9.17) is 18.9 Å². The Hall–Kier alpha value is -3.37. The number of nitrogens with zero attached hydrogens (tertiary/aromatic N) is 4. The van der Waals surface area contributed by atoms with Crippen molar-refractivity contribution in [3.05, 3.63) is 12.1 Å². The largest absolute Gasteiger partial charge is 0.481 e. The minimum absolute atomic E-state index is 0.0152. The zero-order valence-electron chi connectivity index (χ0n) is 13.5. The third-order valence-electron chi connectivity index (χ3n) is 2.65. The average Bonchev–Trinajstić information content (AvgIpc) is 2.60. The lowest BCUT2D eigenvalue weighted by Gasteiger charge is -2.09. The molecule has 0 spiro atoms. The first-order valence-electron chi connectivity index (χ1n) is 6.60. The zero-order valence-corrected chi connectivity index (χ0v) is 13.5. The lowest BCUT2D eigenvalue weighted by Crippen LogP contribution is -2.22. The summed E-state index contributed by atoms with van der Waals surface area (Å²) >= 11 is 0. The predicted molar refractivity (Wildman–Crippen MR) is 82.9 cm³/mol. The Morgan fingerprint density at radius 1 is 0.708 bits per heavy atom. The van der Waals surface area contributed by atoms with E-state index in [1.165, 1.54) is 40.6 Å². The maximum Gasteiger partial charge on any atom is 0.328 e. The molecule has 11 nitrogen and oxygen atoms in total. The summed E-state index contributed by atoms with van der Waals surface area (Å²) in [7, 11) is 5.73. The number of hydrogen-bond acceptors (Lipinski definition) is 9. The summed E-state index contributed by atoms with van der Waals surface area (Å²) in [6.45, 7) is 0. The number of hydrogen-bond donors (Lipinski definition) is 2. The number of urea groups is 1. The second-order valence-electron chi connectivity index (χ2n) is 4.13. The van der Waals surface area contributed by atoms with Gasteiger partial charge < -0.3 is 18.9 Å². The fourth-order valence-electron chi connectivity index (χ4n) is 1.57. The van der Waals surface area contributed by atoms with Crippen LogP contribution in [0.1, 0.15) is 0 Å². The van der Waals surface area contributed by atoms with Gasteiger partial charge in [-0.1, -0.05) is 0 Å². The van der Waals surface area contributed by atoms with Crippen LogP contribution in [0.4, 0.5) is 16.7 Å². The first kappa shape index (κ1) is 17.0. The first-order chi connectivity index (χ1) is 11.6. The van der Waals surface area contributed by atoms with Crippen LogP contribution >= 0.6 is 0 Å². The van der Waals surface area contributed by atoms with Crippen molar-refractivity contribution in [1.29, 1.82) is 0 Å². The van der Waals surface area contributed by atoms with Gasteiger partial charge >= 0.3 is 6.03 Å². The summed E-state index contributed by atoms with van der Waals surface area (Å²) in [5.41, 5.74) is 0. The lowest BCUT2D eigenvalue weighted by molar-refractivity contribution is 0.261. The Morgan fingerprint density at radius 2 is 1.00 bits per heavy atom. The van der Waals surface area contributed by atoms with Crippen LogP contribution < -0.4 is 29.6 Å². The van der Waals surface area contributed by atoms with Crippen molar-refractivity contribution in [2.75, 3.05) is 39.1 Å². The van der Waals surface area contributed by atoms with E-state index in [0.717, 1.165) is 0 Å². The molecule has 0 aliphatic rings. The highest BCUT2D eigenvalue weighted by atomic mass is 16.5. The Balaban J connectivity index is 2.13. The van der Waals surface area contributed by atoms with Gasteiger partial charge in [0.2, 0.25) is 35.4 Å². The molecular formula is C13H16N6O5. The van der Waals surface area contributed by atoms with Gasteiger partial charge in [-0.05, 0) is 0 Å². The van der Waals surface area contributed by atoms with Gasteiger partial charge in [0.25, 0.3) is 0 Å². The highest BCUT2D eigenvalue weighted by Crippen LogP contribution is 2.19. The summed E-state index contributed by atoms with van der Waals surface area (Å²) in [5, 5.41) is 4.84. The summed E-state index contributed by atoms with van der Waals surface area (Å²) in [4.78, 5) is 27.9. The van der Waals surface area contributed by atoms with Crippen LogP contribution in [0.2, 0.25) is 0 Å². The monoisotopic (exact) mass is 336 g/mol. The molecule has 0 saturated carbocycles. The predicted octanol–water partition coefficient (Wildman–Crippen LogP) is 0.945. The number of aromatic nitrogens is 4. The number of carbonyl (C=O) groups is 1. The minimum atomic E-state index is -0.666. The fourth-order valence-corrected chi connectivity index (χ4v) is 1.57. The topological polar surface area (TPSA) is 130 Å². The van der Waals surface area contributed by atoms with Crippen LogP contribution in [0.3, 0.4) is 0 Å². The number of anilines is 2. The van der Waals surface area contributed by atoms with Crippen LogP contribution in [0, 0.1) is 0 Å². The molecule has 128 valence electrons. The number of carbonyl (C=O) groups excluding carboxylic acids is 1. The second-order valence-corrected chi connectivity index (χ2v) is 4.13. The molecule has 2 N–H and O–H groups in total. The molecule has 2 rings (SSSR count). The fraction of sp³-hybridized carbons (Fsp3) is 0.308. The molecule has 24 heavy (non-hydrogen) atoms. The molecule has 0 atom stereocenters. The summed E-state index contributed by atoms with van der Waals surface area (Å²) in [6, 6.07) is 2.28. The third-order valence-corrected chi connectivity index (χ3v) is 2.65. The molecule has 0 radical (unpaired) electrons. The van der Waals surface area contributed by atoms with Crippen molar-refractivity contribution in [1.82, 2.24) is 19.9 Å². The van der Waals surface area contributed by atoms with E-state index in [0.29, 0.717) is 0 Å². The molecule has 0 unspecified atom stereocenters. The number of amides is 2. The molecule has 0 bridgehead atoms. The molecule has 2 amide bonds. The second kappa shape index (κ2) is 7.76. The molecule has 0 aliphatic heterocycles. The van der Waals surface area contributed by atoms with Crippen molar-refractivity contribution < 1.29 is 23.7 Å². The van der Waals surface area contributed by atoms with Gasteiger partial charge in [0.1, 0.15) is 0 Å². The van der Waals surface area contributed by atoms with Gasteiger partial charge in [-0.15, -0.1) is 0 Å². The van der Waals surface area contributed by atoms with E-state index in [2.05, 4.69) is 30.6 Å². The Labute approximate surface area is 137 Å². The van der Waals surface area contributed by atoms with Gasteiger partial charge in [-0.2, -0.15) is 19.9 Å². The molecule has 0 fully saturated rings. The van der Waals surface area contributed by atoms with Crippen LogP contribution in [0.5, 0.6) is 23.5 Å². The van der Waals surface area contributed by atoms with Gasteiger partial charge in [0, 0.05) is 0 Å². The zero-order chi connectivity index (χ0) is 17.5. The van der Waals surface area contributed by atoms with E-state index in [1.807, 2.05) is 0 Å². The average molecular weight is 336 g/mol. The lowest BCUT2D eigenvalue weighted by atomic mass is 10.6. The van der Waals surface area contributed by atoms with Crippen molar-refractivity contribution in [3.63, 3.8) is 0 Å². The number of ether oxygens (including phenoxy) is 4. The summed E-state index contributed by atoms with van der Waals surface area (Å²) < 4.78 is 20.0. The first-order valence-corrected chi connectivity index (χ1v) is 6.60. The van der Waals surface area contributed by atoms with E-state index >= 15 is 0 Å². The Bertz CT molecular complexity index is 622. The normalized spacial score (nSPS) is 9.83. The van der Waals surface area contributed by atoms with Crippen LogP contribution in [0.25, 0.3) is 0 Å². The highest BCUT2D eigenvalue weighted by molar-refractivity contribution is 5.97. The van der Waals surface area contributed by atoms with Crippen LogP contribution in [-0.2, 0) is 0 Å². The molecule has 2 aromatic rings. The standard InChI is InChI=1S/C13H16N6O5/c1-21-7-5-8(22-2)15-11(14-7)18-13(20)19-12-16-9(23-3)6-10(17-12)24-4/h5-6H,1-4H3,(H2,14,15,16,17,18,19,20). The highest BCUT2D eigenvalue weighted by Gasteiger charge is 2.12. The van der Waals surface area contributed by atoms with Crippen molar-refractivity contribution in [3.8, 4) is 23.5 Å². The smallest absolute Gasteiger partial charge is 0.328 e. The van der Waals surface area contributed by atoms with E-state index in [9.17, 15) is 4.79 Å². The van der Waals surface area contributed by atoms with Crippen LogP contribution in [0.15, 0.2) is 12.1 Å². The molecule has 2 heterocycles. The Kier molecular flexibility index (Phi) is 5.49. The number of rotatable bonds is 6. The van der Waals surface area contributed by atoms with E-state index in [-0.39, 0.29) is 35.4 Å². The summed E-state index contributed by atoms with van der Waals surface area (Å²) in [6.07, 6.45) is 0. The van der Waals surface area contributed by atoms with Gasteiger partial charge in [-0.3, -0.25) is 10.6 Å². The van der Waals surface area contributed by atoms with E-state index in [1.54, 1.807) is 0 Å². The SMILES string of the molecule is COc1cc(OC)nc(NC(=O)Nc2nc(OC)cc(OC)n2)n1. The van der Waals surface area contributed by atoms with Crippen molar-refractivity contribution in [2.45, 2.75) is 0 Å². The molecule has 0 saturated heterocycles. The maximum atomic E-state index is 12.0. The third kappa shape index (κ3) is 4.32. The Morgan fingerprint density at radius 3 is 1.25 bits per heavy atom. The summed E-state index contributed by atoms with van der Waals surface area (Å²) in [5.74, 6) is 0.901. The molecule has 0 aromatic carbocycles. The van der Waals surface area contributed by atoms with Crippen LogP contribution in [-0.4, -0.2) is 54.4 Å². The molecular weight excluding hydrogens is 320 g/mol. The minimum Gasteiger partial charge on any atom is -0.481 e. The van der Waals surface area contributed by atoms with Crippen molar-refractivity contribution in [2.24, 2.45) is 0 Å². The quantitative estimate of drug-likeness (QED) is 0.791. The number of nitrogens with one attached hydrogen (secondary N) is 2. The van der Waals surface area contributed by atoms with Crippen molar-refractivity contribution >= 4 is 17.9 Å². The van der Waals surface area contributed by atoms with Gasteiger partial charge in [0.15, 0.2) is 0 Å². The maximum absolute atomic E-state index is 12.0. The molecule has 2 aromatic heterocycles. The number of methoxy groups -OCH3 is 4. The van der Waals surface area contributed by atoms with E-state index < -0.39 is 6.03 Å². The van der Waals surface area contributed by atoms with Gasteiger partial charge in [-0.25, -0.2) is 4.79 Å². The molecule has 11 heteroatoms.